The van der Waals surface area contributed by atoms with Crippen LogP contribution in [-0.4, -0.2) is 4.57 Å². The molecule has 0 saturated carbocycles. The predicted molar refractivity (Wildman–Crippen MR) is 123 cm³/mol. The standard InChI is InChI=1S/C28H23N/c1-2-20-9-7-12-26-25-11-5-6-13-27(25)29(28(20)26)18-19-14-15-24-22(16-19)17-21-8-3-4-10-23(21)24/h3-16H,2,17-18H2,1H3. The maximum atomic E-state index is 2.52. The number of aromatic nitrogens is 1. The Hall–Kier alpha value is -3.32. The van der Waals surface area contributed by atoms with Crippen LogP contribution in [0.4, 0.5) is 0 Å². The lowest BCUT2D eigenvalue weighted by Crippen LogP contribution is -2.02. The van der Waals surface area contributed by atoms with Crippen molar-refractivity contribution in [1.29, 1.82) is 0 Å². The molecule has 29 heavy (non-hydrogen) atoms. The summed E-state index contributed by atoms with van der Waals surface area (Å²) in [6.07, 6.45) is 2.10. The van der Waals surface area contributed by atoms with E-state index in [1.54, 1.807) is 0 Å². The third kappa shape index (κ3) is 2.47. The minimum Gasteiger partial charge on any atom is -0.336 e. The molecular weight excluding hydrogens is 350 g/mol. The van der Waals surface area contributed by atoms with E-state index in [0.29, 0.717) is 0 Å². The number of nitrogens with zero attached hydrogens (tertiary/aromatic N) is 1. The Morgan fingerprint density at radius 2 is 1.52 bits per heavy atom. The van der Waals surface area contributed by atoms with Crippen LogP contribution in [0.5, 0.6) is 0 Å². The van der Waals surface area contributed by atoms with Crippen LogP contribution in [0.15, 0.2) is 84.9 Å². The van der Waals surface area contributed by atoms with Crippen LogP contribution in [-0.2, 0) is 19.4 Å². The van der Waals surface area contributed by atoms with Crippen LogP contribution >= 0.6 is 0 Å². The zero-order valence-corrected chi connectivity index (χ0v) is 16.7. The Morgan fingerprint density at radius 3 is 2.45 bits per heavy atom. The van der Waals surface area contributed by atoms with Crippen molar-refractivity contribution in [3.05, 3.63) is 107 Å². The van der Waals surface area contributed by atoms with E-state index in [9.17, 15) is 0 Å². The van der Waals surface area contributed by atoms with Crippen molar-refractivity contribution in [2.75, 3.05) is 0 Å². The summed E-state index contributed by atoms with van der Waals surface area (Å²) < 4.78 is 2.52. The third-order valence-corrected chi connectivity index (χ3v) is 6.45. The average Bonchev–Trinajstić information content (AvgIpc) is 3.29. The smallest absolute Gasteiger partial charge is 0.0526 e. The maximum Gasteiger partial charge on any atom is 0.0526 e. The van der Waals surface area contributed by atoms with Crippen molar-refractivity contribution in [3.8, 4) is 11.1 Å². The Bertz CT molecular complexity index is 1390. The molecule has 1 aliphatic carbocycles. The molecule has 0 spiro atoms. The van der Waals surface area contributed by atoms with E-state index in [-0.39, 0.29) is 0 Å². The number of fused-ring (bicyclic) bond motifs is 6. The van der Waals surface area contributed by atoms with Gasteiger partial charge in [0.25, 0.3) is 0 Å². The van der Waals surface area contributed by atoms with Gasteiger partial charge < -0.3 is 4.57 Å². The number of para-hydroxylation sites is 2. The molecule has 0 fully saturated rings. The minimum atomic E-state index is 0.907. The third-order valence-electron chi connectivity index (χ3n) is 6.45. The molecule has 0 radical (unpaired) electrons. The number of hydrogen-bond donors (Lipinski definition) is 0. The van der Waals surface area contributed by atoms with E-state index in [0.717, 1.165) is 19.4 Å². The molecule has 0 bridgehead atoms. The van der Waals surface area contributed by atoms with E-state index in [1.165, 1.54) is 55.2 Å². The lowest BCUT2D eigenvalue weighted by atomic mass is 10.0. The van der Waals surface area contributed by atoms with Gasteiger partial charge in [0.1, 0.15) is 0 Å². The average molecular weight is 373 g/mol. The van der Waals surface area contributed by atoms with E-state index in [1.807, 2.05) is 0 Å². The molecule has 0 aliphatic heterocycles. The topological polar surface area (TPSA) is 4.93 Å². The number of hydrogen-bond acceptors (Lipinski definition) is 0. The Balaban J connectivity index is 1.51. The summed E-state index contributed by atoms with van der Waals surface area (Å²) in [5, 5.41) is 2.72. The highest BCUT2D eigenvalue weighted by molar-refractivity contribution is 6.09. The summed E-state index contributed by atoms with van der Waals surface area (Å²) >= 11 is 0. The second-order valence-corrected chi connectivity index (χ2v) is 8.10. The fourth-order valence-corrected chi connectivity index (χ4v) is 5.11. The second-order valence-electron chi connectivity index (χ2n) is 8.10. The van der Waals surface area contributed by atoms with Crippen LogP contribution in [0.2, 0.25) is 0 Å². The van der Waals surface area contributed by atoms with Gasteiger partial charge in [-0.25, -0.2) is 0 Å². The lowest BCUT2D eigenvalue weighted by Gasteiger charge is -2.12. The van der Waals surface area contributed by atoms with Gasteiger partial charge in [-0.15, -0.1) is 0 Å². The Morgan fingerprint density at radius 1 is 0.724 bits per heavy atom. The Labute approximate surface area is 171 Å². The van der Waals surface area contributed by atoms with E-state index in [4.69, 9.17) is 0 Å². The maximum absolute atomic E-state index is 2.52. The number of rotatable bonds is 3. The fourth-order valence-electron chi connectivity index (χ4n) is 5.11. The van der Waals surface area contributed by atoms with E-state index >= 15 is 0 Å². The highest BCUT2D eigenvalue weighted by atomic mass is 15.0. The molecule has 1 heterocycles. The largest absolute Gasteiger partial charge is 0.336 e. The van der Waals surface area contributed by atoms with Gasteiger partial charge in [-0.05, 0) is 52.3 Å². The summed E-state index contributed by atoms with van der Waals surface area (Å²) in [5.41, 5.74) is 11.2. The molecule has 1 aliphatic rings. The molecule has 5 aromatic rings. The normalized spacial score (nSPS) is 12.4. The molecule has 6 rings (SSSR count). The van der Waals surface area contributed by atoms with Gasteiger partial charge in [-0.2, -0.15) is 0 Å². The van der Waals surface area contributed by atoms with Gasteiger partial charge in [0.05, 0.1) is 5.52 Å². The second kappa shape index (κ2) is 6.35. The molecule has 0 amide bonds. The quantitative estimate of drug-likeness (QED) is 0.315. The van der Waals surface area contributed by atoms with Crippen LogP contribution in [0, 0.1) is 0 Å². The first-order valence-electron chi connectivity index (χ1n) is 10.5. The summed E-state index contributed by atoms with van der Waals surface area (Å²) in [5.74, 6) is 0. The highest BCUT2D eigenvalue weighted by Gasteiger charge is 2.19. The van der Waals surface area contributed by atoms with Crippen molar-refractivity contribution in [2.24, 2.45) is 0 Å². The predicted octanol–water partition coefficient (Wildman–Crippen LogP) is 6.98. The van der Waals surface area contributed by atoms with E-state index < -0.39 is 0 Å². The summed E-state index contributed by atoms with van der Waals surface area (Å²) in [7, 11) is 0. The monoisotopic (exact) mass is 373 g/mol. The first-order chi connectivity index (χ1) is 14.3. The molecule has 0 N–H and O–H groups in total. The van der Waals surface area contributed by atoms with Crippen molar-refractivity contribution in [1.82, 2.24) is 4.57 Å². The molecule has 4 aromatic carbocycles. The van der Waals surface area contributed by atoms with Gasteiger partial charge in [0.2, 0.25) is 0 Å². The highest BCUT2D eigenvalue weighted by Crippen LogP contribution is 2.37. The lowest BCUT2D eigenvalue weighted by molar-refractivity contribution is 0.861. The van der Waals surface area contributed by atoms with Gasteiger partial charge in [-0.1, -0.05) is 85.8 Å². The Kier molecular flexibility index (Phi) is 3.64. The van der Waals surface area contributed by atoms with Crippen molar-refractivity contribution in [2.45, 2.75) is 26.3 Å². The summed E-state index contributed by atoms with van der Waals surface area (Å²) in [4.78, 5) is 0. The number of benzene rings is 4. The zero-order valence-electron chi connectivity index (χ0n) is 16.7. The minimum absolute atomic E-state index is 0.907. The van der Waals surface area contributed by atoms with Gasteiger partial charge in [0.15, 0.2) is 0 Å². The van der Waals surface area contributed by atoms with Crippen LogP contribution in [0.25, 0.3) is 32.9 Å². The molecular formula is C28H23N. The van der Waals surface area contributed by atoms with Gasteiger partial charge in [-0.3, -0.25) is 0 Å². The molecule has 140 valence electrons. The molecule has 1 heteroatoms. The first-order valence-corrected chi connectivity index (χ1v) is 10.5. The molecule has 1 aromatic heterocycles. The van der Waals surface area contributed by atoms with E-state index in [2.05, 4.69) is 96.4 Å². The van der Waals surface area contributed by atoms with Gasteiger partial charge in [0, 0.05) is 22.8 Å². The summed E-state index contributed by atoms with van der Waals surface area (Å²) in [6, 6.07) is 31.4. The van der Waals surface area contributed by atoms with Crippen LogP contribution in [0.1, 0.15) is 29.2 Å². The fraction of sp³-hybridized carbons (Fsp3) is 0.143. The van der Waals surface area contributed by atoms with Crippen molar-refractivity contribution in [3.63, 3.8) is 0 Å². The SMILES string of the molecule is CCc1cccc2c3ccccc3n(Cc3ccc4c(c3)Cc3ccccc3-4)c12. The first kappa shape index (κ1) is 16.6. The van der Waals surface area contributed by atoms with Crippen LogP contribution in [0.3, 0.4) is 0 Å². The summed E-state index contributed by atoms with van der Waals surface area (Å²) in [6.45, 7) is 3.16. The van der Waals surface area contributed by atoms with Crippen molar-refractivity contribution >= 4 is 21.8 Å². The molecule has 0 unspecified atom stereocenters. The van der Waals surface area contributed by atoms with Crippen molar-refractivity contribution < 1.29 is 0 Å². The zero-order chi connectivity index (χ0) is 19.4. The molecule has 0 atom stereocenters. The molecule has 1 nitrogen and oxygen atoms in total. The van der Waals surface area contributed by atoms with Crippen LogP contribution < -0.4 is 0 Å². The number of aryl methyl sites for hydroxylation is 1. The molecule has 0 saturated heterocycles. The van der Waals surface area contributed by atoms with Gasteiger partial charge >= 0.3 is 0 Å².